The Hall–Kier alpha value is -2.92. The average molecular weight is 371 g/mol. The van der Waals surface area contributed by atoms with Crippen LogP contribution in [0.5, 0.6) is 0 Å². The van der Waals surface area contributed by atoms with Gasteiger partial charge in [-0.15, -0.1) is 0 Å². The molecule has 1 aromatic heterocycles. The minimum absolute atomic E-state index is 0.433. The van der Waals surface area contributed by atoms with Crippen molar-refractivity contribution in [1.82, 2.24) is 14.9 Å². The molecule has 2 aromatic carbocycles. The summed E-state index contributed by atoms with van der Waals surface area (Å²) in [6.07, 6.45) is 5.40. The number of hydrogen-bond acceptors (Lipinski definition) is 5. The molecule has 0 N–H and O–H groups in total. The summed E-state index contributed by atoms with van der Waals surface area (Å²) in [5, 5.41) is 0. The van der Waals surface area contributed by atoms with Gasteiger partial charge in [0, 0.05) is 57.3 Å². The first-order valence-electron chi connectivity index (χ1n) is 9.98. The van der Waals surface area contributed by atoms with Gasteiger partial charge in [0.15, 0.2) is 0 Å². The number of benzene rings is 2. The van der Waals surface area contributed by atoms with Crippen molar-refractivity contribution in [2.24, 2.45) is 0 Å². The van der Waals surface area contributed by atoms with E-state index in [1.54, 1.807) is 12.4 Å². The Balaban J connectivity index is 1.42. The molecule has 142 valence electrons. The Bertz CT molecular complexity index is 915. The van der Waals surface area contributed by atoms with E-state index in [1.807, 2.05) is 6.20 Å². The molecule has 5 nitrogen and oxygen atoms in total. The van der Waals surface area contributed by atoms with E-state index in [4.69, 9.17) is 0 Å². The van der Waals surface area contributed by atoms with Gasteiger partial charge in [0.25, 0.3) is 0 Å². The summed E-state index contributed by atoms with van der Waals surface area (Å²) < 4.78 is 0. The van der Waals surface area contributed by atoms with Gasteiger partial charge in [0.05, 0.1) is 12.2 Å². The third-order valence-electron chi connectivity index (χ3n) is 5.78. The number of rotatable bonds is 3. The van der Waals surface area contributed by atoms with Crippen LogP contribution in [0, 0.1) is 0 Å². The van der Waals surface area contributed by atoms with E-state index in [2.05, 4.69) is 79.3 Å². The molecule has 5 rings (SSSR count). The minimum Gasteiger partial charge on any atom is -0.364 e. The molecule has 1 fully saturated rings. The number of anilines is 2. The quantitative estimate of drug-likeness (QED) is 0.707. The fourth-order valence-electron chi connectivity index (χ4n) is 4.46. The second kappa shape index (κ2) is 7.60. The molecular weight excluding hydrogens is 346 g/mol. The molecule has 2 aliphatic rings. The van der Waals surface area contributed by atoms with Crippen LogP contribution < -0.4 is 9.80 Å². The number of fused-ring (bicyclic) bond motifs is 3. The number of aromatic nitrogens is 2. The molecule has 0 spiro atoms. The predicted octanol–water partition coefficient (Wildman–Crippen LogP) is 3.19. The van der Waals surface area contributed by atoms with Crippen LogP contribution in [0.1, 0.15) is 11.1 Å². The van der Waals surface area contributed by atoms with Crippen LogP contribution in [0.15, 0.2) is 73.2 Å². The molecule has 5 heteroatoms. The maximum atomic E-state index is 4.57. The van der Waals surface area contributed by atoms with Crippen molar-refractivity contribution < 1.29 is 0 Å². The Labute approximate surface area is 166 Å². The first-order chi connectivity index (χ1) is 13.9. The highest BCUT2D eigenvalue weighted by molar-refractivity contribution is 5.58. The molecule has 28 heavy (non-hydrogen) atoms. The fourth-order valence-corrected chi connectivity index (χ4v) is 4.46. The summed E-state index contributed by atoms with van der Waals surface area (Å²) in [5.74, 6) is 0.958. The summed E-state index contributed by atoms with van der Waals surface area (Å²) in [6, 6.07) is 20.0. The zero-order chi connectivity index (χ0) is 18.8. The minimum atomic E-state index is 0.433. The molecule has 3 heterocycles. The van der Waals surface area contributed by atoms with E-state index in [0.29, 0.717) is 6.04 Å². The van der Waals surface area contributed by atoms with Gasteiger partial charge in [0.1, 0.15) is 5.82 Å². The first kappa shape index (κ1) is 17.2. The maximum Gasteiger partial charge on any atom is 0.147 e. The van der Waals surface area contributed by atoms with Gasteiger partial charge < -0.3 is 9.80 Å². The van der Waals surface area contributed by atoms with Crippen LogP contribution in [0.4, 0.5) is 11.5 Å². The summed E-state index contributed by atoms with van der Waals surface area (Å²) in [5.41, 5.74) is 4.13. The van der Waals surface area contributed by atoms with Gasteiger partial charge in [0.2, 0.25) is 0 Å². The summed E-state index contributed by atoms with van der Waals surface area (Å²) in [6.45, 7) is 6.05. The van der Waals surface area contributed by atoms with E-state index in [-0.39, 0.29) is 0 Å². The number of hydrogen-bond donors (Lipinski definition) is 0. The SMILES string of the molecule is c1ccc(CN2CCN3c4ccccc4CN(c4cnccn4)CC3C2)cc1. The highest BCUT2D eigenvalue weighted by Gasteiger charge is 2.33. The Morgan fingerprint density at radius 2 is 1.75 bits per heavy atom. The lowest BCUT2D eigenvalue weighted by molar-refractivity contribution is 0.216. The third kappa shape index (κ3) is 3.45. The van der Waals surface area contributed by atoms with Crippen molar-refractivity contribution >= 4 is 11.5 Å². The molecule has 3 aromatic rings. The van der Waals surface area contributed by atoms with Crippen LogP contribution in [0.25, 0.3) is 0 Å². The van der Waals surface area contributed by atoms with Crippen LogP contribution in [0.3, 0.4) is 0 Å². The van der Waals surface area contributed by atoms with Crippen molar-refractivity contribution in [2.45, 2.75) is 19.1 Å². The van der Waals surface area contributed by atoms with Crippen molar-refractivity contribution in [1.29, 1.82) is 0 Å². The second-order valence-corrected chi connectivity index (χ2v) is 7.64. The monoisotopic (exact) mass is 371 g/mol. The Morgan fingerprint density at radius 1 is 0.893 bits per heavy atom. The highest BCUT2D eigenvalue weighted by atomic mass is 15.3. The lowest BCUT2D eigenvalue weighted by Gasteiger charge is -2.43. The molecule has 0 radical (unpaired) electrons. The Kier molecular flexibility index (Phi) is 4.67. The molecule has 1 unspecified atom stereocenters. The van der Waals surface area contributed by atoms with Gasteiger partial charge in [-0.3, -0.25) is 9.88 Å². The van der Waals surface area contributed by atoms with Crippen LogP contribution in [-0.2, 0) is 13.1 Å². The molecular formula is C23H25N5. The van der Waals surface area contributed by atoms with Gasteiger partial charge in [-0.2, -0.15) is 0 Å². The number of para-hydroxylation sites is 1. The van der Waals surface area contributed by atoms with Crippen molar-refractivity contribution in [3.63, 3.8) is 0 Å². The first-order valence-corrected chi connectivity index (χ1v) is 9.98. The molecule has 0 bridgehead atoms. The predicted molar refractivity (Wildman–Crippen MR) is 112 cm³/mol. The topological polar surface area (TPSA) is 35.5 Å². The lowest BCUT2D eigenvalue weighted by atomic mass is 10.1. The van der Waals surface area contributed by atoms with E-state index in [0.717, 1.165) is 45.1 Å². The van der Waals surface area contributed by atoms with Crippen molar-refractivity contribution in [3.05, 3.63) is 84.3 Å². The molecule has 0 saturated carbocycles. The third-order valence-corrected chi connectivity index (χ3v) is 5.78. The summed E-state index contributed by atoms with van der Waals surface area (Å²) in [7, 11) is 0. The fraction of sp³-hybridized carbons (Fsp3) is 0.304. The number of nitrogens with zero attached hydrogens (tertiary/aromatic N) is 5. The molecule has 2 aliphatic heterocycles. The van der Waals surface area contributed by atoms with Crippen molar-refractivity contribution in [3.8, 4) is 0 Å². The van der Waals surface area contributed by atoms with Crippen LogP contribution >= 0.6 is 0 Å². The summed E-state index contributed by atoms with van der Waals surface area (Å²) in [4.78, 5) is 16.4. The zero-order valence-electron chi connectivity index (χ0n) is 16.0. The van der Waals surface area contributed by atoms with Crippen LogP contribution in [0.2, 0.25) is 0 Å². The van der Waals surface area contributed by atoms with Gasteiger partial charge in [-0.1, -0.05) is 48.5 Å². The zero-order valence-corrected chi connectivity index (χ0v) is 16.0. The number of piperazine rings is 1. The maximum absolute atomic E-state index is 4.57. The van der Waals surface area contributed by atoms with Gasteiger partial charge >= 0.3 is 0 Å². The molecule has 0 aliphatic carbocycles. The average Bonchev–Trinajstić information content (AvgIpc) is 2.92. The van der Waals surface area contributed by atoms with Gasteiger partial charge in [-0.05, 0) is 17.2 Å². The van der Waals surface area contributed by atoms with E-state index in [1.165, 1.54) is 16.8 Å². The van der Waals surface area contributed by atoms with E-state index < -0.39 is 0 Å². The van der Waals surface area contributed by atoms with Crippen LogP contribution in [-0.4, -0.2) is 47.1 Å². The molecule has 1 saturated heterocycles. The smallest absolute Gasteiger partial charge is 0.147 e. The van der Waals surface area contributed by atoms with Gasteiger partial charge in [-0.25, -0.2) is 4.98 Å². The lowest BCUT2D eigenvalue weighted by Crippen LogP contribution is -2.56. The second-order valence-electron chi connectivity index (χ2n) is 7.64. The van der Waals surface area contributed by atoms with E-state index >= 15 is 0 Å². The van der Waals surface area contributed by atoms with Crippen molar-refractivity contribution in [2.75, 3.05) is 36.0 Å². The standard InChI is InChI=1S/C23H25N5/c1-2-6-19(7-3-1)15-26-12-13-28-21(17-26)18-27(23-14-24-10-11-25-23)16-20-8-4-5-9-22(20)28/h1-11,14,21H,12-13,15-18H2. The Morgan fingerprint density at radius 3 is 2.61 bits per heavy atom. The largest absolute Gasteiger partial charge is 0.364 e. The molecule has 1 atom stereocenters. The van der Waals surface area contributed by atoms with E-state index in [9.17, 15) is 0 Å². The normalized spacial score (nSPS) is 19.6. The highest BCUT2D eigenvalue weighted by Crippen LogP contribution is 2.31. The summed E-state index contributed by atoms with van der Waals surface area (Å²) >= 11 is 0. The molecule has 0 amide bonds.